The predicted molar refractivity (Wildman–Crippen MR) is 112 cm³/mol. The summed E-state index contributed by atoms with van der Waals surface area (Å²) < 4.78 is 10.8. The standard InChI is InChI=1S/C21H34N4O3/c1-20(2,3)28-19(26)24-13-12-23-18(22-4)25-16-21(10-14-27-15-11-21)17-8-6-5-7-9-17/h5-9H,10-16H2,1-4H3,(H,24,26)(H2,22,23,25). The first kappa shape index (κ1) is 22.0. The molecule has 0 radical (unpaired) electrons. The van der Waals surface area contributed by atoms with Gasteiger partial charge in [-0.05, 0) is 39.2 Å². The summed E-state index contributed by atoms with van der Waals surface area (Å²) in [4.78, 5) is 16.0. The molecule has 156 valence electrons. The van der Waals surface area contributed by atoms with E-state index in [1.54, 1.807) is 7.05 Å². The minimum Gasteiger partial charge on any atom is -0.444 e. The van der Waals surface area contributed by atoms with Crippen molar-refractivity contribution in [1.82, 2.24) is 16.0 Å². The van der Waals surface area contributed by atoms with E-state index in [0.717, 1.165) is 32.6 Å². The molecule has 3 N–H and O–H groups in total. The van der Waals surface area contributed by atoms with Gasteiger partial charge in [-0.25, -0.2) is 4.79 Å². The third-order valence-electron chi connectivity index (χ3n) is 4.74. The van der Waals surface area contributed by atoms with Gasteiger partial charge in [-0.2, -0.15) is 0 Å². The Morgan fingerprint density at radius 3 is 2.36 bits per heavy atom. The molecule has 0 bridgehead atoms. The second kappa shape index (κ2) is 10.3. The molecule has 1 aliphatic rings. The van der Waals surface area contributed by atoms with Gasteiger partial charge in [0, 0.05) is 45.3 Å². The van der Waals surface area contributed by atoms with Crippen molar-refractivity contribution in [3.05, 3.63) is 35.9 Å². The number of nitrogens with one attached hydrogen (secondary N) is 3. The number of hydrogen-bond donors (Lipinski definition) is 3. The van der Waals surface area contributed by atoms with E-state index in [2.05, 4.69) is 45.2 Å². The first-order chi connectivity index (χ1) is 13.3. The summed E-state index contributed by atoms with van der Waals surface area (Å²) in [7, 11) is 1.75. The molecule has 0 atom stereocenters. The van der Waals surface area contributed by atoms with Crippen LogP contribution in [0.3, 0.4) is 0 Å². The third-order valence-corrected chi connectivity index (χ3v) is 4.74. The fourth-order valence-electron chi connectivity index (χ4n) is 3.25. The largest absolute Gasteiger partial charge is 0.444 e. The maximum absolute atomic E-state index is 11.7. The van der Waals surface area contributed by atoms with Crippen molar-refractivity contribution in [2.24, 2.45) is 4.99 Å². The highest BCUT2D eigenvalue weighted by atomic mass is 16.6. The number of carbonyl (C=O) groups is 1. The molecule has 7 heteroatoms. The number of benzene rings is 1. The molecule has 0 unspecified atom stereocenters. The van der Waals surface area contributed by atoms with Gasteiger partial charge in [0.2, 0.25) is 0 Å². The molecule has 28 heavy (non-hydrogen) atoms. The zero-order chi connectivity index (χ0) is 20.5. The molecule has 2 rings (SSSR count). The Balaban J connectivity index is 1.82. The van der Waals surface area contributed by atoms with Gasteiger partial charge < -0.3 is 25.4 Å². The minimum atomic E-state index is -0.495. The lowest BCUT2D eigenvalue weighted by atomic mass is 9.74. The highest BCUT2D eigenvalue weighted by Gasteiger charge is 2.34. The van der Waals surface area contributed by atoms with Crippen LogP contribution in [0.25, 0.3) is 0 Å². The van der Waals surface area contributed by atoms with E-state index in [0.29, 0.717) is 19.0 Å². The predicted octanol–water partition coefficient (Wildman–Crippen LogP) is 2.42. The summed E-state index contributed by atoms with van der Waals surface area (Å²) >= 11 is 0. The third kappa shape index (κ3) is 7.03. The van der Waals surface area contributed by atoms with Gasteiger partial charge in [0.1, 0.15) is 5.60 Å². The normalized spacial score (nSPS) is 16.9. The van der Waals surface area contributed by atoms with Crippen LogP contribution in [0, 0.1) is 0 Å². The van der Waals surface area contributed by atoms with Crippen molar-refractivity contribution >= 4 is 12.1 Å². The highest BCUT2D eigenvalue weighted by Crippen LogP contribution is 2.34. The average Bonchev–Trinajstić information content (AvgIpc) is 2.67. The lowest BCUT2D eigenvalue weighted by molar-refractivity contribution is 0.0514. The molecule has 1 saturated heterocycles. The molecular formula is C21H34N4O3. The smallest absolute Gasteiger partial charge is 0.407 e. The van der Waals surface area contributed by atoms with E-state index >= 15 is 0 Å². The topological polar surface area (TPSA) is 84.0 Å². The van der Waals surface area contributed by atoms with Gasteiger partial charge in [-0.15, -0.1) is 0 Å². The molecule has 1 heterocycles. The lowest BCUT2D eigenvalue weighted by Crippen LogP contribution is -2.49. The summed E-state index contributed by atoms with van der Waals surface area (Å²) in [5.74, 6) is 0.716. The molecule has 0 saturated carbocycles. The Hall–Kier alpha value is -2.28. The van der Waals surface area contributed by atoms with Crippen LogP contribution >= 0.6 is 0 Å². The molecule has 0 spiro atoms. The maximum Gasteiger partial charge on any atom is 0.407 e. The first-order valence-corrected chi connectivity index (χ1v) is 9.89. The van der Waals surface area contributed by atoms with Crippen molar-refractivity contribution in [3.63, 3.8) is 0 Å². The van der Waals surface area contributed by atoms with E-state index in [-0.39, 0.29) is 5.41 Å². The molecule has 1 aliphatic heterocycles. The minimum absolute atomic E-state index is 0.0336. The van der Waals surface area contributed by atoms with Crippen LogP contribution in [0.15, 0.2) is 35.3 Å². The van der Waals surface area contributed by atoms with E-state index < -0.39 is 11.7 Å². The number of alkyl carbamates (subject to hydrolysis) is 1. The van der Waals surface area contributed by atoms with E-state index in [1.807, 2.05) is 26.8 Å². The van der Waals surface area contributed by atoms with Crippen molar-refractivity contribution in [2.45, 2.75) is 44.6 Å². The fourth-order valence-corrected chi connectivity index (χ4v) is 3.25. The number of rotatable bonds is 6. The lowest BCUT2D eigenvalue weighted by Gasteiger charge is -2.38. The van der Waals surface area contributed by atoms with Crippen molar-refractivity contribution in [2.75, 3.05) is 39.9 Å². The quantitative estimate of drug-likeness (QED) is 0.395. The van der Waals surface area contributed by atoms with Crippen LogP contribution < -0.4 is 16.0 Å². The zero-order valence-corrected chi connectivity index (χ0v) is 17.5. The van der Waals surface area contributed by atoms with Crippen molar-refractivity contribution in [3.8, 4) is 0 Å². The molecule has 0 aromatic heterocycles. The molecule has 0 aliphatic carbocycles. The van der Waals surface area contributed by atoms with Gasteiger partial charge in [0.15, 0.2) is 5.96 Å². The highest BCUT2D eigenvalue weighted by molar-refractivity contribution is 5.79. The number of carbonyl (C=O) groups excluding carboxylic acids is 1. The number of hydrogen-bond acceptors (Lipinski definition) is 4. The number of guanidine groups is 1. The SMILES string of the molecule is CN=C(NCCNC(=O)OC(C)(C)C)NCC1(c2ccccc2)CCOCC1. The van der Waals surface area contributed by atoms with Gasteiger partial charge in [-0.1, -0.05) is 30.3 Å². The number of aliphatic imine (C=N–C) groups is 1. The molecule has 7 nitrogen and oxygen atoms in total. The van der Waals surface area contributed by atoms with Crippen molar-refractivity contribution < 1.29 is 14.3 Å². The molecule has 1 aromatic rings. The fraction of sp³-hybridized carbons (Fsp3) is 0.619. The van der Waals surface area contributed by atoms with Gasteiger partial charge in [0.05, 0.1) is 0 Å². The summed E-state index contributed by atoms with van der Waals surface area (Å²) in [5, 5.41) is 9.41. The van der Waals surface area contributed by atoms with Crippen LogP contribution in [0.1, 0.15) is 39.2 Å². The van der Waals surface area contributed by atoms with Crippen molar-refractivity contribution in [1.29, 1.82) is 0 Å². The summed E-state index contributed by atoms with van der Waals surface area (Å²) in [6, 6.07) is 10.6. The van der Waals surface area contributed by atoms with E-state index in [4.69, 9.17) is 9.47 Å². The Bertz CT molecular complexity index is 635. The maximum atomic E-state index is 11.7. The Kier molecular flexibility index (Phi) is 8.11. The van der Waals surface area contributed by atoms with Crippen LogP contribution in [0.5, 0.6) is 0 Å². The number of ether oxygens (including phenoxy) is 2. The van der Waals surface area contributed by atoms with Crippen LogP contribution in [-0.4, -0.2) is 57.5 Å². The number of amides is 1. The monoisotopic (exact) mass is 390 g/mol. The second-order valence-electron chi connectivity index (χ2n) is 8.04. The summed E-state index contributed by atoms with van der Waals surface area (Å²) in [6.07, 6.45) is 1.53. The molecule has 1 aromatic carbocycles. The first-order valence-electron chi connectivity index (χ1n) is 9.89. The zero-order valence-electron chi connectivity index (χ0n) is 17.5. The average molecular weight is 391 g/mol. The van der Waals surface area contributed by atoms with Gasteiger partial charge in [-0.3, -0.25) is 4.99 Å². The number of nitrogens with zero attached hydrogens (tertiary/aromatic N) is 1. The van der Waals surface area contributed by atoms with E-state index in [9.17, 15) is 4.79 Å². The summed E-state index contributed by atoms with van der Waals surface area (Å²) in [6.45, 7) is 8.85. The van der Waals surface area contributed by atoms with Crippen LogP contribution in [-0.2, 0) is 14.9 Å². The molecule has 1 fully saturated rings. The Labute approximate surface area is 168 Å². The van der Waals surface area contributed by atoms with Crippen LogP contribution in [0.2, 0.25) is 0 Å². The molecular weight excluding hydrogens is 356 g/mol. The Morgan fingerprint density at radius 2 is 1.75 bits per heavy atom. The van der Waals surface area contributed by atoms with Crippen LogP contribution in [0.4, 0.5) is 4.79 Å². The molecule has 1 amide bonds. The second-order valence-corrected chi connectivity index (χ2v) is 8.04. The summed E-state index contributed by atoms with van der Waals surface area (Å²) in [5.41, 5.74) is 0.865. The van der Waals surface area contributed by atoms with Gasteiger partial charge in [0.25, 0.3) is 0 Å². The van der Waals surface area contributed by atoms with E-state index in [1.165, 1.54) is 5.56 Å². The van der Waals surface area contributed by atoms with Gasteiger partial charge >= 0.3 is 6.09 Å². The Morgan fingerprint density at radius 1 is 1.11 bits per heavy atom.